The van der Waals surface area contributed by atoms with Gasteiger partial charge in [0.25, 0.3) is 5.91 Å². The largest absolute Gasteiger partial charge is 0.481 e. The number of ether oxygens (including phenoxy) is 1. The van der Waals surface area contributed by atoms with Crippen LogP contribution in [0.25, 0.3) is 0 Å². The molecule has 1 N–H and O–H groups in total. The molecule has 28 heavy (non-hydrogen) atoms. The Morgan fingerprint density at radius 3 is 2.39 bits per heavy atom. The smallest absolute Gasteiger partial charge is 0.261 e. The van der Waals surface area contributed by atoms with Gasteiger partial charge in [0.2, 0.25) is 0 Å². The van der Waals surface area contributed by atoms with Crippen molar-refractivity contribution in [3.8, 4) is 5.75 Å². The maximum Gasteiger partial charge on any atom is 0.261 e. The van der Waals surface area contributed by atoms with Crippen LogP contribution < -0.4 is 10.1 Å². The molecule has 0 fully saturated rings. The molecule has 2 aromatic rings. The van der Waals surface area contributed by atoms with Gasteiger partial charge in [-0.3, -0.25) is 4.79 Å². The van der Waals surface area contributed by atoms with Crippen molar-refractivity contribution < 1.29 is 9.53 Å². The van der Waals surface area contributed by atoms with Crippen molar-refractivity contribution in [3.63, 3.8) is 0 Å². The molecule has 1 aliphatic carbocycles. The van der Waals surface area contributed by atoms with Crippen molar-refractivity contribution in [2.75, 3.05) is 0 Å². The molecule has 0 bridgehead atoms. The summed E-state index contributed by atoms with van der Waals surface area (Å²) in [6, 6.07) is 12.8. The van der Waals surface area contributed by atoms with E-state index in [1.807, 2.05) is 26.8 Å². The maximum atomic E-state index is 12.7. The van der Waals surface area contributed by atoms with Gasteiger partial charge in [-0.15, -0.1) is 0 Å². The Morgan fingerprint density at radius 1 is 0.964 bits per heavy atom. The minimum Gasteiger partial charge on any atom is -0.481 e. The molecule has 1 aliphatic rings. The minimum atomic E-state index is -0.542. The predicted octanol–water partition coefficient (Wildman–Crippen LogP) is 5.64. The third kappa shape index (κ3) is 4.76. The summed E-state index contributed by atoms with van der Waals surface area (Å²) in [6.45, 7) is 10.2. The first kappa shape index (κ1) is 20.4. The Balaban J connectivity index is 1.67. The van der Waals surface area contributed by atoms with Crippen molar-refractivity contribution in [1.82, 2.24) is 5.32 Å². The summed E-state index contributed by atoms with van der Waals surface area (Å²) in [4.78, 5) is 12.7. The molecule has 0 unspecified atom stereocenters. The predicted molar refractivity (Wildman–Crippen MR) is 115 cm³/mol. The first-order valence-electron chi connectivity index (χ1n) is 10.5. The molecule has 150 valence electrons. The van der Waals surface area contributed by atoms with E-state index in [0.717, 1.165) is 23.3 Å². The lowest BCUT2D eigenvalue weighted by Gasteiger charge is -2.23. The average molecular weight is 380 g/mol. The number of amides is 1. The van der Waals surface area contributed by atoms with Gasteiger partial charge in [0.05, 0.1) is 6.04 Å². The zero-order valence-electron chi connectivity index (χ0n) is 17.8. The van der Waals surface area contributed by atoms with Crippen molar-refractivity contribution >= 4 is 5.91 Å². The lowest BCUT2D eigenvalue weighted by Crippen LogP contribution is -2.38. The molecule has 3 heteroatoms. The Bertz CT molecular complexity index is 840. The molecule has 3 rings (SSSR count). The molecule has 0 saturated carbocycles. The molecule has 1 amide bonds. The van der Waals surface area contributed by atoms with Crippen LogP contribution >= 0.6 is 0 Å². The molecular formula is C25H33NO2. The summed E-state index contributed by atoms with van der Waals surface area (Å²) in [5.41, 5.74) is 6.34. The van der Waals surface area contributed by atoms with Gasteiger partial charge in [0.1, 0.15) is 5.75 Å². The van der Waals surface area contributed by atoms with E-state index in [4.69, 9.17) is 4.74 Å². The number of hydrogen-bond acceptors (Lipinski definition) is 2. The second kappa shape index (κ2) is 8.81. The SMILES string of the molecule is Cc1ccc(C(C)C)c(O[C@@H](C)C(=O)N[C@@H](C)c2ccc3c(c2)CCCC3)c1. The van der Waals surface area contributed by atoms with Crippen LogP contribution in [0, 0.1) is 6.92 Å². The van der Waals surface area contributed by atoms with E-state index in [-0.39, 0.29) is 11.9 Å². The lowest BCUT2D eigenvalue weighted by molar-refractivity contribution is -0.127. The molecular weight excluding hydrogens is 346 g/mol. The number of benzene rings is 2. The number of rotatable bonds is 6. The van der Waals surface area contributed by atoms with Crippen molar-refractivity contribution in [2.45, 2.75) is 78.4 Å². The van der Waals surface area contributed by atoms with E-state index >= 15 is 0 Å². The number of carbonyl (C=O) groups is 1. The molecule has 2 aromatic carbocycles. The average Bonchev–Trinajstić information content (AvgIpc) is 2.67. The van der Waals surface area contributed by atoms with E-state index in [0.29, 0.717) is 5.92 Å². The zero-order valence-corrected chi connectivity index (χ0v) is 17.8. The molecule has 3 nitrogen and oxygen atoms in total. The first-order chi connectivity index (χ1) is 13.3. The normalized spacial score (nSPS) is 15.6. The molecule has 0 heterocycles. The van der Waals surface area contributed by atoms with Crippen LogP contribution in [0.4, 0.5) is 0 Å². The van der Waals surface area contributed by atoms with E-state index in [2.05, 4.69) is 49.5 Å². The van der Waals surface area contributed by atoms with E-state index < -0.39 is 6.10 Å². The summed E-state index contributed by atoms with van der Waals surface area (Å²) in [5, 5.41) is 3.12. The van der Waals surface area contributed by atoms with Gasteiger partial charge in [-0.25, -0.2) is 0 Å². The fourth-order valence-electron chi connectivity index (χ4n) is 3.90. The highest BCUT2D eigenvalue weighted by atomic mass is 16.5. The summed E-state index contributed by atoms with van der Waals surface area (Å²) < 4.78 is 6.06. The number of carbonyl (C=O) groups excluding carboxylic acids is 1. The summed E-state index contributed by atoms with van der Waals surface area (Å²) in [7, 11) is 0. The highest BCUT2D eigenvalue weighted by Gasteiger charge is 2.20. The monoisotopic (exact) mass is 379 g/mol. The Kier molecular flexibility index (Phi) is 6.43. The number of aryl methyl sites for hydroxylation is 3. The summed E-state index contributed by atoms with van der Waals surface area (Å²) >= 11 is 0. The van der Waals surface area contributed by atoms with Crippen LogP contribution in [0.15, 0.2) is 36.4 Å². The third-order valence-electron chi connectivity index (χ3n) is 5.70. The van der Waals surface area contributed by atoms with Gasteiger partial charge in [-0.1, -0.05) is 44.2 Å². The van der Waals surface area contributed by atoms with Crippen molar-refractivity contribution in [2.24, 2.45) is 0 Å². The van der Waals surface area contributed by atoms with Crippen LogP contribution in [0.2, 0.25) is 0 Å². The first-order valence-corrected chi connectivity index (χ1v) is 10.5. The third-order valence-corrected chi connectivity index (χ3v) is 5.70. The van der Waals surface area contributed by atoms with Crippen LogP contribution in [-0.4, -0.2) is 12.0 Å². The Labute approximate surface area is 169 Å². The summed E-state index contributed by atoms with van der Waals surface area (Å²) in [5.74, 6) is 1.07. The fraction of sp³-hybridized carbons (Fsp3) is 0.480. The molecule has 0 saturated heterocycles. The van der Waals surface area contributed by atoms with Gasteiger partial charge in [-0.05, 0) is 86.3 Å². The van der Waals surface area contributed by atoms with Crippen LogP contribution in [0.1, 0.15) is 80.3 Å². The fourth-order valence-corrected chi connectivity index (χ4v) is 3.90. The van der Waals surface area contributed by atoms with Gasteiger partial charge in [0, 0.05) is 0 Å². The maximum absolute atomic E-state index is 12.7. The highest BCUT2D eigenvalue weighted by molar-refractivity contribution is 5.81. The van der Waals surface area contributed by atoms with Gasteiger partial charge >= 0.3 is 0 Å². The molecule has 0 aromatic heterocycles. The van der Waals surface area contributed by atoms with Gasteiger partial charge < -0.3 is 10.1 Å². The van der Waals surface area contributed by atoms with Crippen molar-refractivity contribution in [1.29, 1.82) is 0 Å². The molecule has 0 radical (unpaired) electrons. The molecule has 0 aliphatic heterocycles. The van der Waals surface area contributed by atoms with Gasteiger partial charge in [0.15, 0.2) is 6.10 Å². The van der Waals surface area contributed by atoms with Gasteiger partial charge in [-0.2, -0.15) is 0 Å². The number of hydrogen-bond donors (Lipinski definition) is 1. The second-order valence-electron chi connectivity index (χ2n) is 8.42. The van der Waals surface area contributed by atoms with Crippen LogP contribution in [0.3, 0.4) is 0 Å². The quantitative estimate of drug-likeness (QED) is 0.705. The highest BCUT2D eigenvalue weighted by Crippen LogP contribution is 2.29. The van der Waals surface area contributed by atoms with E-state index in [9.17, 15) is 4.79 Å². The standard InChI is InChI=1S/C25H33NO2/c1-16(2)23-13-10-17(3)14-24(23)28-19(5)25(27)26-18(4)21-12-11-20-8-6-7-9-22(20)15-21/h10-16,18-19H,6-9H2,1-5H3,(H,26,27)/t18-,19-/m0/s1. The van der Waals surface area contributed by atoms with Crippen LogP contribution in [-0.2, 0) is 17.6 Å². The Hall–Kier alpha value is -2.29. The second-order valence-corrected chi connectivity index (χ2v) is 8.42. The van der Waals surface area contributed by atoms with E-state index in [1.54, 1.807) is 0 Å². The van der Waals surface area contributed by atoms with Crippen LogP contribution in [0.5, 0.6) is 5.75 Å². The van der Waals surface area contributed by atoms with E-state index in [1.165, 1.54) is 36.0 Å². The lowest BCUT2D eigenvalue weighted by atomic mass is 9.89. The topological polar surface area (TPSA) is 38.3 Å². The summed E-state index contributed by atoms with van der Waals surface area (Å²) in [6.07, 6.45) is 4.32. The minimum absolute atomic E-state index is 0.0344. The Morgan fingerprint density at radius 2 is 1.68 bits per heavy atom. The zero-order chi connectivity index (χ0) is 20.3. The molecule has 0 spiro atoms. The van der Waals surface area contributed by atoms with Crippen molar-refractivity contribution in [3.05, 3.63) is 64.2 Å². The molecule has 2 atom stereocenters. The number of nitrogens with one attached hydrogen (secondary N) is 1. The number of fused-ring (bicyclic) bond motifs is 1.